The number of carbonyl (C=O) groups excluding carboxylic acids is 2. The van der Waals surface area contributed by atoms with Gasteiger partial charge in [-0.15, -0.1) is 0 Å². The molecule has 0 heterocycles. The quantitative estimate of drug-likeness (QED) is 0.501. The molecular weight excluding hydrogens is 276 g/mol. The summed E-state index contributed by atoms with van der Waals surface area (Å²) in [5, 5.41) is 0. The predicted octanol–water partition coefficient (Wildman–Crippen LogP) is 1.69. The van der Waals surface area contributed by atoms with Gasteiger partial charge in [0, 0.05) is 5.41 Å². The topological polar surface area (TPSA) is 34.1 Å². The molecule has 0 aliphatic heterocycles. The molecule has 2 atom stereocenters. The molecule has 0 aromatic rings. The Balaban J connectivity index is 3.06. The van der Waals surface area contributed by atoms with Crippen molar-refractivity contribution in [2.24, 2.45) is 5.41 Å². The van der Waals surface area contributed by atoms with Crippen molar-refractivity contribution in [3.05, 3.63) is 0 Å². The lowest BCUT2D eigenvalue weighted by atomic mass is 9.91. The molecule has 0 aromatic heterocycles. The standard InChI is InChI=1S/C7H8Br2O2/c1-7(2)5(9)4(10)3(8)6(7)11/h3,5H,1-2H3/t3-,5+/m0/s1. The highest BCUT2D eigenvalue weighted by atomic mass is 79.9. The van der Waals surface area contributed by atoms with Crippen molar-refractivity contribution >= 4 is 43.4 Å². The van der Waals surface area contributed by atoms with Crippen molar-refractivity contribution in [1.29, 1.82) is 0 Å². The first-order valence-electron chi connectivity index (χ1n) is 3.25. The number of hydrogen-bond donors (Lipinski definition) is 0. The van der Waals surface area contributed by atoms with Crippen molar-refractivity contribution in [3.8, 4) is 0 Å². The fraction of sp³-hybridized carbons (Fsp3) is 0.714. The van der Waals surface area contributed by atoms with Gasteiger partial charge in [-0.05, 0) is 0 Å². The number of alkyl halides is 2. The Bertz CT molecular complexity index is 222. The Morgan fingerprint density at radius 1 is 1.27 bits per heavy atom. The first kappa shape index (κ1) is 9.39. The van der Waals surface area contributed by atoms with E-state index in [9.17, 15) is 9.59 Å². The van der Waals surface area contributed by atoms with Crippen LogP contribution >= 0.6 is 31.9 Å². The third-order valence-corrected chi connectivity index (χ3v) is 4.46. The number of carbonyl (C=O) groups is 2. The second-order valence-corrected chi connectivity index (χ2v) is 5.04. The minimum absolute atomic E-state index is 0.0376. The van der Waals surface area contributed by atoms with Gasteiger partial charge < -0.3 is 0 Å². The second kappa shape index (κ2) is 2.66. The smallest absolute Gasteiger partial charge is 0.168 e. The maximum absolute atomic E-state index is 11.3. The highest BCUT2D eigenvalue weighted by molar-refractivity contribution is 9.11. The molecule has 1 aliphatic rings. The van der Waals surface area contributed by atoms with Gasteiger partial charge in [0.15, 0.2) is 11.6 Å². The van der Waals surface area contributed by atoms with Gasteiger partial charge in [0.1, 0.15) is 4.83 Å². The third-order valence-electron chi connectivity index (χ3n) is 2.00. The Hall–Kier alpha value is 0.300. The van der Waals surface area contributed by atoms with Crippen LogP contribution in [0.4, 0.5) is 0 Å². The molecule has 0 saturated heterocycles. The number of Topliss-reactive ketones (excluding diaryl/α,β-unsaturated/α-hetero) is 2. The van der Waals surface area contributed by atoms with Gasteiger partial charge in [-0.1, -0.05) is 45.7 Å². The van der Waals surface area contributed by atoms with E-state index in [2.05, 4.69) is 31.9 Å². The molecular formula is C7H8Br2O2. The van der Waals surface area contributed by atoms with Crippen LogP contribution in [0.3, 0.4) is 0 Å². The Kier molecular flexibility index (Phi) is 2.27. The van der Waals surface area contributed by atoms with E-state index in [1.165, 1.54) is 0 Å². The van der Waals surface area contributed by atoms with Gasteiger partial charge in [-0.25, -0.2) is 0 Å². The minimum atomic E-state index is -0.609. The zero-order chi connectivity index (χ0) is 8.81. The fourth-order valence-electron chi connectivity index (χ4n) is 1.06. The molecule has 62 valence electrons. The van der Waals surface area contributed by atoms with E-state index >= 15 is 0 Å². The van der Waals surface area contributed by atoms with E-state index in [0.29, 0.717) is 0 Å². The predicted molar refractivity (Wildman–Crippen MR) is 49.2 cm³/mol. The number of halogens is 2. The second-order valence-electron chi connectivity index (χ2n) is 3.21. The van der Waals surface area contributed by atoms with Crippen LogP contribution in [-0.2, 0) is 9.59 Å². The summed E-state index contributed by atoms with van der Waals surface area (Å²) >= 11 is 6.26. The summed E-state index contributed by atoms with van der Waals surface area (Å²) < 4.78 is 0. The zero-order valence-electron chi connectivity index (χ0n) is 6.23. The summed E-state index contributed by atoms with van der Waals surface area (Å²) in [5.74, 6) is -0.107. The van der Waals surface area contributed by atoms with Crippen LogP contribution in [0.2, 0.25) is 0 Å². The van der Waals surface area contributed by atoms with Crippen molar-refractivity contribution < 1.29 is 9.59 Å². The molecule has 1 aliphatic carbocycles. The summed E-state index contributed by atoms with van der Waals surface area (Å²) in [5.41, 5.74) is -0.564. The molecule has 0 bridgehead atoms. The first-order valence-corrected chi connectivity index (χ1v) is 5.08. The summed E-state index contributed by atoms with van der Waals surface area (Å²) in [4.78, 5) is 21.6. The molecule has 1 saturated carbocycles. The van der Waals surface area contributed by atoms with Crippen molar-refractivity contribution in [2.45, 2.75) is 23.5 Å². The molecule has 0 radical (unpaired) electrons. The van der Waals surface area contributed by atoms with Crippen LogP contribution < -0.4 is 0 Å². The lowest BCUT2D eigenvalue weighted by Crippen LogP contribution is -2.27. The van der Waals surface area contributed by atoms with E-state index in [1.807, 2.05) is 0 Å². The van der Waals surface area contributed by atoms with Crippen LogP contribution in [-0.4, -0.2) is 21.2 Å². The average Bonchev–Trinajstić information content (AvgIpc) is 2.06. The van der Waals surface area contributed by atoms with E-state index in [0.717, 1.165) is 0 Å². The largest absolute Gasteiger partial charge is 0.297 e. The first-order chi connectivity index (χ1) is 4.89. The van der Waals surface area contributed by atoms with E-state index in [1.54, 1.807) is 13.8 Å². The average molecular weight is 284 g/mol. The van der Waals surface area contributed by atoms with Gasteiger partial charge in [0.25, 0.3) is 0 Å². The monoisotopic (exact) mass is 282 g/mol. The molecule has 1 fully saturated rings. The van der Waals surface area contributed by atoms with Crippen LogP contribution in [0.5, 0.6) is 0 Å². The lowest BCUT2D eigenvalue weighted by Gasteiger charge is -2.17. The third kappa shape index (κ3) is 1.20. The Morgan fingerprint density at radius 3 is 1.82 bits per heavy atom. The molecule has 0 N–H and O–H groups in total. The van der Waals surface area contributed by atoms with Gasteiger partial charge in [0.05, 0.1) is 4.83 Å². The molecule has 0 amide bonds. The molecule has 1 rings (SSSR count). The van der Waals surface area contributed by atoms with Crippen LogP contribution in [0, 0.1) is 5.41 Å². The summed E-state index contributed by atoms with van der Waals surface area (Å²) in [6.45, 7) is 3.54. The zero-order valence-corrected chi connectivity index (χ0v) is 9.40. The molecule has 2 nitrogen and oxygen atoms in total. The molecule has 4 heteroatoms. The van der Waals surface area contributed by atoms with E-state index in [-0.39, 0.29) is 16.4 Å². The Labute approximate surface area is 82.0 Å². The molecule has 0 spiro atoms. The summed E-state index contributed by atoms with van der Waals surface area (Å²) in [7, 11) is 0. The highest BCUT2D eigenvalue weighted by Crippen LogP contribution is 2.39. The van der Waals surface area contributed by atoms with Gasteiger partial charge in [0.2, 0.25) is 0 Å². The SMILES string of the molecule is CC1(C)C(=O)[C@@H](Br)C(=O)[C@H]1Br. The van der Waals surface area contributed by atoms with Gasteiger partial charge >= 0.3 is 0 Å². The van der Waals surface area contributed by atoms with Crippen LogP contribution in [0.15, 0.2) is 0 Å². The number of hydrogen-bond acceptors (Lipinski definition) is 2. The molecule has 0 aromatic carbocycles. The molecule has 11 heavy (non-hydrogen) atoms. The minimum Gasteiger partial charge on any atom is -0.297 e. The Morgan fingerprint density at radius 2 is 1.73 bits per heavy atom. The molecule has 0 unspecified atom stereocenters. The van der Waals surface area contributed by atoms with Gasteiger partial charge in [-0.3, -0.25) is 9.59 Å². The lowest BCUT2D eigenvalue weighted by molar-refractivity contribution is -0.124. The number of ketones is 2. The van der Waals surface area contributed by atoms with E-state index in [4.69, 9.17) is 0 Å². The van der Waals surface area contributed by atoms with E-state index < -0.39 is 10.2 Å². The van der Waals surface area contributed by atoms with Crippen molar-refractivity contribution in [2.75, 3.05) is 0 Å². The van der Waals surface area contributed by atoms with Crippen molar-refractivity contribution in [3.63, 3.8) is 0 Å². The van der Waals surface area contributed by atoms with Crippen LogP contribution in [0.25, 0.3) is 0 Å². The normalized spacial score (nSPS) is 36.4. The maximum atomic E-state index is 11.3. The summed E-state index contributed by atoms with van der Waals surface area (Å²) in [6, 6.07) is 0. The maximum Gasteiger partial charge on any atom is 0.168 e. The van der Waals surface area contributed by atoms with Crippen molar-refractivity contribution in [1.82, 2.24) is 0 Å². The highest BCUT2D eigenvalue weighted by Gasteiger charge is 2.52. The van der Waals surface area contributed by atoms with Gasteiger partial charge in [-0.2, -0.15) is 0 Å². The number of rotatable bonds is 0. The fourth-order valence-corrected chi connectivity index (χ4v) is 2.76. The van der Waals surface area contributed by atoms with Crippen LogP contribution in [0.1, 0.15) is 13.8 Å². The summed E-state index contributed by atoms with van der Waals surface area (Å²) in [6.07, 6.45) is 0.